The molecule has 0 aliphatic heterocycles. The number of aromatic nitrogens is 2. The Morgan fingerprint density at radius 1 is 1.14 bits per heavy atom. The van der Waals surface area contributed by atoms with Gasteiger partial charge in [-0.05, 0) is 30.0 Å². The number of nitrogens with one attached hydrogen (secondary N) is 1. The second-order valence-electron chi connectivity index (χ2n) is 6.15. The third-order valence-corrected chi connectivity index (χ3v) is 4.69. The van der Waals surface area contributed by atoms with Crippen molar-refractivity contribution in [3.8, 4) is 0 Å². The molecule has 3 atom stereocenters. The Balaban J connectivity index is 1.66. The van der Waals surface area contributed by atoms with Gasteiger partial charge in [-0.3, -0.25) is 10.0 Å². The second kappa shape index (κ2) is 5.18. The van der Waals surface area contributed by atoms with Crippen LogP contribution in [-0.2, 0) is 4.79 Å². The molecule has 2 aromatic rings. The first-order chi connectivity index (χ1) is 10.8. The number of hydroxylamine groups is 1. The Morgan fingerprint density at radius 2 is 1.86 bits per heavy atom. The standard InChI is InChI=1S/C17H17N3O2/c21-17(20-22)16-14(11-4-2-1-3-5-11)15(16)12-8-13(10-6-7-10)19-18-9-12/h1-5,8-10,14-16,22H,6-7H2,(H,20,21)/t14-,15-,16-/m1/s1. The van der Waals surface area contributed by atoms with Gasteiger partial charge in [0.05, 0.1) is 17.8 Å². The van der Waals surface area contributed by atoms with Crippen molar-refractivity contribution in [1.29, 1.82) is 0 Å². The van der Waals surface area contributed by atoms with Gasteiger partial charge >= 0.3 is 0 Å². The highest BCUT2D eigenvalue weighted by molar-refractivity contribution is 5.84. The molecule has 2 aliphatic rings. The van der Waals surface area contributed by atoms with Crippen LogP contribution in [0.1, 0.15) is 47.4 Å². The lowest BCUT2D eigenvalue weighted by Gasteiger charge is -2.02. The van der Waals surface area contributed by atoms with Gasteiger partial charge in [0.1, 0.15) is 0 Å². The Hall–Kier alpha value is -2.27. The van der Waals surface area contributed by atoms with Gasteiger partial charge in [-0.25, -0.2) is 5.48 Å². The summed E-state index contributed by atoms with van der Waals surface area (Å²) in [6, 6.07) is 12.0. The number of carbonyl (C=O) groups excluding carboxylic acids is 1. The maximum atomic E-state index is 12.0. The summed E-state index contributed by atoms with van der Waals surface area (Å²) < 4.78 is 0. The monoisotopic (exact) mass is 295 g/mol. The van der Waals surface area contributed by atoms with Crippen molar-refractivity contribution >= 4 is 5.91 Å². The number of benzene rings is 1. The van der Waals surface area contributed by atoms with Gasteiger partial charge in [-0.2, -0.15) is 10.2 Å². The van der Waals surface area contributed by atoms with Crippen LogP contribution >= 0.6 is 0 Å². The average molecular weight is 295 g/mol. The Labute approximate surface area is 128 Å². The first-order valence-corrected chi connectivity index (χ1v) is 7.61. The SMILES string of the molecule is O=C(NO)[C@@H]1[C@H](c2ccccc2)[C@H]1c1cnnc(C2CC2)c1. The van der Waals surface area contributed by atoms with Crippen molar-refractivity contribution < 1.29 is 10.0 Å². The molecule has 5 nitrogen and oxygen atoms in total. The number of amides is 1. The van der Waals surface area contributed by atoms with E-state index < -0.39 is 0 Å². The van der Waals surface area contributed by atoms with E-state index in [0.717, 1.165) is 16.8 Å². The molecule has 2 N–H and O–H groups in total. The molecule has 0 radical (unpaired) electrons. The maximum absolute atomic E-state index is 12.0. The first kappa shape index (κ1) is 13.4. The molecule has 1 aromatic heterocycles. The van der Waals surface area contributed by atoms with E-state index in [4.69, 9.17) is 5.21 Å². The lowest BCUT2D eigenvalue weighted by Crippen LogP contribution is -2.21. The average Bonchev–Trinajstić information content (AvgIpc) is 3.48. The number of hydrogen-bond donors (Lipinski definition) is 2. The smallest absolute Gasteiger partial charge is 0.247 e. The first-order valence-electron chi connectivity index (χ1n) is 7.61. The summed E-state index contributed by atoms with van der Waals surface area (Å²) >= 11 is 0. The molecule has 22 heavy (non-hydrogen) atoms. The van der Waals surface area contributed by atoms with Gasteiger partial charge in [0.25, 0.3) is 0 Å². The fraction of sp³-hybridized carbons (Fsp3) is 0.353. The van der Waals surface area contributed by atoms with E-state index in [2.05, 4.69) is 16.3 Å². The third kappa shape index (κ3) is 2.27. The molecule has 2 fully saturated rings. The zero-order chi connectivity index (χ0) is 15.1. The van der Waals surface area contributed by atoms with E-state index in [0.29, 0.717) is 5.92 Å². The molecule has 1 heterocycles. The summed E-state index contributed by atoms with van der Waals surface area (Å²) in [6.45, 7) is 0. The topological polar surface area (TPSA) is 75.1 Å². The van der Waals surface area contributed by atoms with Gasteiger partial charge in [0.2, 0.25) is 5.91 Å². The molecule has 112 valence electrons. The highest BCUT2D eigenvalue weighted by atomic mass is 16.5. The lowest BCUT2D eigenvalue weighted by atomic mass is 10.1. The van der Waals surface area contributed by atoms with Gasteiger partial charge in [0.15, 0.2) is 0 Å². The molecule has 1 aromatic carbocycles. The minimum Gasteiger partial charge on any atom is -0.289 e. The van der Waals surface area contributed by atoms with Gasteiger partial charge in [-0.15, -0.1) is 0 Å². The van der Waals surface area contributed by atoms with E-state index >= 15 is 0 Å². The molecule has 0 bridgehead atoms. The summed E-state index contributed by atoms with van der Waals surface area (Å²) in [7, 11) is 0. The normalized spacial score (nSPS) is 26.5. The summed E-state index contributed by atoms with van der Waals surface area (Å²) in [5.74, 6) is 0.103. The molecule has 2 aliphatic carbocycles. The Bertz CT molecular complexity index is 700. The van der Waals surface area contributed by atoms with Crippen LogP contribution in [0.15, 0.2) is 42.6 Å². The fourth-order valence-corrected chi connectivity index (χ4v) is 3.38. The highest BCUT2D eigenvalue weighted by Gasteiger charge is 2.56. The lowest BCUT2D eigenvalue weighted by molar-refractivity contribution is -0.130. The zero-order valence-electron chi connectivity index (χ0n) is 12.0. The molecular formula is C17H17N3O2. The molecule has 4 rings (SSSR count). The summed E-state index contributed by atoms with van der Waals surface area (Å²) in [4.78, 5) is 12.0. The predicted octanol–water partition coefficient (Wildman–Crippen LogP) is 2.36. The highest BCUT2D eigenvalue weighted by Crippen LogP contribution is 2.60. The summed E-state index contributed by atoms with van der Waals surface area (Å²) in [5.41, 5.74) is 4.99. The quantitative estimate of drug-likeness (QED) is 0.670. The Morgan fingerprint density at radius 3 is 2.55 bits per heavy atom. The van der Waals surface area contributed by atoms with E-state index in [1.807, 2.05) is 30.3 Å². The van der Waals surface area contributed by atoms with Crippen molar-refractivity contribution in [1.82, 2.24) is 15.7 Å². The number of carbonyl (C=O) groups is 1. The molecular weight excluding hydrogens is 278 g/mol. The number of hydrogen-bond acceptors (Lipinski definition) is 4. The van der Waals surface area contributed by atoms with Crippen LogP contribution in [0.5, 0.6) is 0 Å². The largest absolute Gasteiger partial charge is 0.289 e. The van der Waals surface area contributed by atoms with Gasteiger partial charge < -0.3 is 0 Å². The van der Waals surface area contributed by atoms with Crippen LogP contribution < -0.4 is 5.48 Å². The molecule has 0 spiro atoms. The molecule has 5 heteroatoms. The van der Waals surface area contributed by atoms with Gasteiger partial charge in [0, 0.05) is 17.8 Å². The summed E-state index contributed by atoms with van der Waals surface area (Å²) in [5, 5.41) is 17.3. The number of nitrogens with zero attached hydrogens (tertiary/aromatic N) is 2. The second-order valence-corrected chi connectivity index (χ2v) is 6.15. The molecule has 2 saturated carbocycles. The minimum atomic E-state index is -0.330. The van der Waals surface area contributed by atoms with Crippen molar-refractivity contribution in [3.05, 3.63) is 59.4 Å². The van der Waals surface area contributed by atoms with Crippen LogP contribution in [0.25, 0.3) is 0 Å². The van der Waals surface area contributed by atoms with Crippen molar-refractivity contribution in [3.63, 3.8) is 0 Å². The van der Waals surface area contributed by atoms with Crippen molar-refractivity contribution in [2.45, 2.75) is 30.6 Å². The van der Waals surface area contributed by atoms with Crippen LogP contribution in [0.2, 0.25) is 0 Å². The molecule has 1 amide bonds. The van der Waals surface area contributed by atoms with Crippen molar-refractivity contribution in [2.24, 2.45) is 5.92 Å². The third-order valence-electron chi connectivity index (χ3n) is 4.69. The van der Waals surface area contributed by atoms with E-state index in [-0.39, 0.29) is 23.7 Å². The van der Waals surface area contributed by atoms with E-state index in [1.165, 1.54) is 12.8 Å². The minimum absolute atomic E-state index is 0.0579. The fourth-order valence-electron chi connectivity index (χ4n) is 3.38. The molecule has 0 saturated heterocycles. The number of rotatable bonds is 4. The van der Waals surface area contributed by atoms with E-state index in [9.17, 15) is 4.79 Å². The van der Waals surface area contributed by atoms with Crippen LogP contribution in [0.4, 0.5) is 0 Å². The van der Waals surface area contributed by atoms with Gasteiger partial charge in [-0.1, -0.05) is 30.3 Å². The van der Waals surface area contributed by atoms with Crippen LogP contribution in [-0.4, -0.2) is 21.3 Å². The Kier molecular flexibility index (Phi) is 3.15. The zero-order valence-corrected chi connectivity index (χ0v) is 12.0. The van der Waals surface area contributed by atoms with Crippen LogP contribution in [0, 0.1) is 5.92 Å². The predicted molar refractivity (Wildman–Crippen MR) is 79.4 cm³/mol. The maximum Gasteiger partial charge on any atom is 0.247 e. The molecule has 0 unspecified atom stereocenters. The van der Waals surface area contributed by atoms with Crippen molar-refractivity contribution in [2.75, 3.05) is 0 Å². The van der Waals surface area contributed by atoms with E-state index in [1.54, 1.807) is 11.7 Å². The summed E-state index contributed by atoms with van der Waals surface area (Å²) in [6.07, 6.45) is 4.09. The van der Waals surface area contributed by atoms with Crippen LogP contribution in [0.3, 0.4) is 0 Å².